The molecule has 0 spiro atoms. The zero-order valence-corrected chi connectivity index (χ0v) is 30.6. The third-order valence-electron chi connectivity index (χ3n) is 7.83. The maximum absolute atomic E-state index is 12.1. The average Bonchev–Trinajstić information content (AvgIpc) is 3.62. The molecule has 1 aromatic heterocycles. The first-order valence-electron chi connectivity index (χ1n) is 16.0. The minimum atomic E-state index is -3.29. The molecule has 0 saturated heterocycles. The predicted molar refractivity (Wildman–Crippen MR) is 194 cm³/mol. The first kappa shape index (κ1) is 39.0. The highest BCUT2D eigenvalue weighted by atomic mass is 35.5. The molecule has 5 aromatic rings. The monoisotopic (exact) mass is 774 g/mol. The summed E-state index contributed by atoms with van der Waals surface area (Å²) in [5.74, 6) is 0.131. The van der Waals surface area contributed by atoms with Crippen molar-refractivity contribution < 1.29 is 47.5 Å². The molecular weight excluding hydrogens is 738 g/mol. The van der Waals surface area contributed by atoms with E-state index in [9.17, 15) is 19.6 Å². The zero-order valence-electron chi connectivity index (χ0n) is 28.2. The molecule has 0 aliphatic rings. The molecule has 0 amide bonds. The maximum atomic E-state index is 12.1. The quantitative estimate of drug-likeness (QED) is 0.0487. The van der Waals surface area contributed by atoms with Gasteiger partial charge < -0.3 is 33.5 Å². The van der Waals surface area contributed by atoms with Crippen molar-refractivity contribution in [1.82, 2.24) is 20.7 Å². The van der Waals surface area contributed by atoms with Gasteiger partial charge >= 0.3 is 13.7 Å². The van der Waals surface area contributed by atoms with Crippen LogP contribution in [0.2, 0.25) is 10.0 Å². The van der Waals surface area contributed by atoms with Crippen LogP contribution >= 0.6 is 30.9 Å². The van der Waals surface area contributed by atoms with Gasteiger partial charge in [0.25, 0.3) is 0 Å². The van der Waals surface area contributed by atoms with E-state index in [-0.39, 0.29) is 24.8 Å². The molecule has 5 rings (SSSR count). The van der Waals surface area contributed by atoms with Gasteiger partial charge in [-0.2, -0.15) is 0 Å². The molecular formula is C35H37Cl2N4O10P. The molecule has 14 nitrogen and oxygen atoms in total. The standard InChI is InChI=1S/C35H37Cl2N4O10P/c1-46-52(45,47-2)39-12-5-13-48-26-8-3-6-23(15-26)27-9-4-7-24(34(27)37)21-50-33-17-32(25(16-28(33)36)18-38-31(19-42)35(43)44)49-20-22-10-11-29-30(14-22)41-51-40-29/h3-4,6-11,14-17,31,38,42H,5,12-13,18-21H2,1-2H3,(H,39,45)(H,43,44)/t31-/m1/s1. The van der Waals surface area contributed by atoms with Gasteiger partial charge in [-0.1, -0.05) is 59.6 Å². The van der Waals surface area contributed by atoms with E-state index < -0.39 is 26.4 Å². The summed E-state index contributed by atoms with van der Waals surface area (Å²) in [5.41, 5.74) is 4.80. The van der Waals surface area contributed by atoms with Gasteiger partial charge in [-0.15, -0.1) is 0 Å². The van der Waals surface area contributed by atoms with Gasteiger partial charge in [0.15, 0.2) is 0 Å². The van der Waals surface area contributed by atoms with Gasteiger partial charge in [0.1, 0.15) is 47.5 Å². The summed E-state index contributed by atoms with van der Waals surface area (Å²) in [7, 11) is -0.667. The van der Waals surface area contributed by atoms with Crippen LogP contribution in [0.3, 0.4) is 0 Å². The lowest BCUT2D eigenvalue weighted by Crippen LogP contribution is -2.39. The van der Waals surface area contributed by atoms with Crippen LogP contribution in [0.1, 0.15) is 23.1 Å². The van der Waals surface area contributed by atoms with Crippen molar-refractivity contribution in [2.24, 2.45) is 0 Å². The third kappa shape index (κ3) is 10.2. The van der Waals surface area contributed by atoms with Crippen LogP contribution in [0.25, 0.3) is 22.2 Å². The van der Waals surface area contributed by atoms with Crippen molar-refractivity contribution in [1.29, 1.82) is 0 Å². The number of carboxylic acids is 1. The molecule has 52 heavy (non-hydrogen) atoms. The number of hydrogen-bond acceptors (Lipinski definition) is 12. The second kappa shape index (κ2) is 18.5. The fourth-order valence-corrected chi connectivity index (χ4v) is 6.38. The number of nitrogens with zero attached hydrogens (tertiary/aromatic N) is 2. The van der Waals surface area contributed by atoms with Crippen LogP contribution in [0.4, 0.5) is 0 Å². The number of fused-ring (bicyclic) bond motifs is 1. The summed E-state index contributed by atoms with van der Waals surface area (Å²) in [5, 5.41) is 32.8. The minimum absolute atomic E-state index is 0.0381. The van der Waals surface area contributed by atoms with Gasteiger partial charge in [-0.05, 0) is 58.2 Å². The van der Waals surface area contributed by atoms with E-state index in [2.05, 4.69) is 20.7 Å². The highest BCUT2D eigenvalue weighted by Gasteiger charge is 2.20. The maximum Gasteiger partial charge on any atom is 0.404 e. The normalized spacial score (nSPS) is 12.2. The number of ether oxygens (including phenoxy) is 3. The van der Waals surface area contributed by atoms with E-state index in [0.29, 0.717) is 64.0 Å². The van der Waals surface area contributed by atoms with Gasteiger partial charge in [0, 0.05) is 50.1 Å². The van der Waals surface area contributed by atoms with Crippen LogP contribution in [-0.2, 0) is 38.2 Å². The van der Waals surface area contributed by atoms with Crippen LogP contribution in [0.5, 0.6) is 17.2 Å². The molecule has 1 atom stereocenters. The van der Waals surface area contributed by atoms with E-state index >= 15 is 0 Å². The highest BCUT2D eigenvalue weighted by Crippen LogP contribution is 2.41. The van der Waals surface area contributed by atoms with Crippen molar-refractivity contribution in [3.8, 4) is 28.4 Å². The number of hydrogen-bond donors (Lipinski definition) is 4. The fraction of sp³-hybridized carbons (Fsp3) is 0.286. The van der Waals surface area contributed by atoms with E-state index in [1.165, 1.54) is 14.2 Å². The molecule has 1 heterocycles. The molecule has 0 bridgehead atoms. The number of aliphatic carboxylic acids is 1. The number of benzene rings is 4. The van der Waals surface area contributed by atoms with Crippen molar-refractivity contribution in [3.63, 3.8) is 0 Å². The Morgan fingerprint density at radius 3 is 2.44 bits per heavy atom. The Balaban J connectivity index is 1.28. The number of nitrogens with one attached hydrogen (secondary N) is 2. The third-order valence-corrected chi connectivity index (χ3v) is 10.1. The largest absolute Gasteiger partial charge is 0.494 e. The molecule has 0 unspecified atom stereocenters. The Morgan fingerprint density at radius 1 is 0.904 bits per heavy atom. The summed E-state index contributed by atoms with van der Waals surface area (Å²) >= 11 is 13.6. The fourth-order valence-electron chi connectivity index (χ4n) is 5.01. The van der Waals surface area contributed by atoms with Gasteiger partial charge in [-0.3, -0.25) is 10.1 Å². The molecule has 0 saturated carbocycles. The first-order valence-corrected chi connectivity index (χ1v) is 18.3. The summed E-state index contributed by atoms with van der Waals surface area (Å²) in [6, 6.07) is 20.5. The Labute approximate surface area is 309 Å². The topological polar surface area (TPSA) is 184 Å². The number of rotatable bonds is 20. The first-order chi connectivity index (χ1) is 25.1. The van der Waals surface area contributed by atoms with E-state index in [0.717, 1.165) is 16.7 Å². The van der Waals surface area contributed by atoms with E-state index in [1.54, 1.807) is 24.3 Å². The van der Waals surface area contributed by atoms with Crippen molar-refractivity contribution in [2.75, 3.05) is 34.0 Å². The Morgan fingerprint density at radius 2 is 1.67 bits per heavy atom. The molecule has 276 valence electrons. The Hall–Kier alpha value is -4.24. The van der Waals surface area contributed by atoms with Crippen LogP contribution < -0.4 is 24.6 Å². The summed E-state index contributed by atoms with van der Waals surface area (Å²) in [4.78, 5) is 11.5. The average molecular weight is 776 g/mol. The Kier molecular flexibility index (Phi) is 13.9. The number of aliphatic hydroxyl groups excluding tert-OH is 1. The van der Waals surface area contributed by atoms with Gasteiger partial charge in [0.2, 0.25) is 0 Å². The highest BCUT2D eigenvalue weighted by molar-refractivity contribution is 7.51. The molecule has 0 aliphatic carbocycles. The number of carboxylic acid groups (broad SMARTS) is 1. The lowest BCUT2D eigenvalue weighted by molar-refractivity contribution is -0.140. The van der Waals surface area contributed by atoms with Crippen LogP contribution in [-0.4, -0.2) is 66.5 Å². The molecule has 17 heteroatoms. The number of aliphatic hydroxyl groups is 1. The predicted octanol–water partition coefficient (Wildman–Crippen LogP) is 6.65. The zero-order chi connectivity index (χ0) is 37.1. The summed E-state index contributed by atoms with van der Waals surface area (Å²) in [6.07, 6.45) is 0.559. The number of aromatic nitrogens is 2. The van der Waals surface area contributed by atoms with Crippen LogP contribution in [0, 0.1) is 0 Å². The summed E-state index contributed by atoms with van der Waals surface area (Å²) < 4.78 is 44.9. The van der Waals surface area contributed by atoms with Gasteiger partial charge in [0.05, 0.1) is 23.3 Å². The van der Waals surface area contributed by atoms with Gasteiger partial charge in [-0.25, -0.2) is 14.3 Å². The second-order valence-corrected chi connectivity index (χ2v) is 14.1. The van der Waals surface area contributed by atoms with Crippen molar-refractivity contribution in [3.05, 3.63) is 99.5 Å². The van der Waals surface area contributed by atoms with Crippen molar-refractivity contribution >= 4 is 48.0 Å². The summed E-state index contributed by atoms with van der Waals surface area (Å²) in [6.45, 7) is 0.379. The lowest BCUT2D eigenvalue weighted by atomic mass is 10.0. The van der Waals surface area contributed by atoms with E-state index in [1.807, 2.05) is 48.5 Å². The van der Waals surface area contributed by atoms with Crippen LogP contribution in [0.15, 0.2) is 77.4 Å². The lowest BCUT2D eigenvalue weighted by Gasteiger charge is -2.18. The van der Waals surface area contributed by atoms with E-state index in [4.69, 9.17) is 51.1 Å². The van der Waals surface area contributed by atoms with Crippen molar-refractivity contribution in [2.45, 2.75) is 32.2 Å². The number of carbonyl (C=O) groups is 1. The molecule has 4 aromatic carbocycles. The molecule has 0 fully saturated rings. The second-order valence-electron chi connectivity index (χ2n) is 11.3. The smallest absolute Gasteiger partial charge is 0.404 e. The molecule has 0 radical (unpaired) electrons. The Bertz CT molecular complexity index is 2020. The minimum Gasteiger partial charge on any atom is -0.494 e. The number of halogens is 2. The SMILES string of the molecule is COP(=O)(NCCCOc1cccc(-c2cccc(COc3cc(OCc4ccc5nonc5c4)c(CN[C@H](CO)C(=O)O)cc3Cl)c2Cl)c1)OC. The molecule has 4 N–H and O–H groups in total. The molecule has 0 aliphatic heterocycles.